The molecule has 238 valence electrons. The van der Waals surface area contributed by atoms with E-state index in [1.54, 1.807) is 85.0 Å². The van der Waals surface area contributed by atoms with Gasteiger partial charge in [-0.3, -0.25) is 10.2 Å². The van der Waals surface area contributed by atoms with E-state index in [1.807, 2.05) is 45.9 Å². The number of urea groups is 1. The van der Waals surface area contributed by atoms with Crippen molar-refractivity contribution in [3.8, 4) is 5.75 Å². The van der Waals surface area contributed by atoms with Crippen LogP contribution in [0.1, 0.15) is 55.2 Å². The molecule has 7 N–H and O–H groups in total. The minimum Gasteiger partial charge on any atom is -0.458 e. The maximum absolute atomic E-state index is 12.9. The Hall–Kier alpha value is -5.54. The lowest BCUT2D eigenvalue weighted by Crippen LogP contribution is -2.32. The monoisotopic (exact) mass is 638 g/mol. The zero-order valence-corrected chi connectivity index (χ0v) is 27.0. The van der Waals surface area contributed by atoms with Crippen molar-refractivity contribution in [2.75, 3.05) is 10.6 Å². The Bertz CT molecular complexity index is 1670. The molecule has 3 rings (SSSR count). The Morgan fingerprint density at radius 1 is 0.826 bits per heavy atom. The number of ether oxygens (including phenoxy) is 1. The molecule has 0 saturated carbocycles. The summed E-state index contributed by atoms with van der Waals surface area (Å²) in [6.45, 7) is 11.4. The number of carbonyl (C=O) groups is 2. The van der Waals surface area contributed by atoms with Crippen LogP contribution in [0.5, 0.6) is 5.75 Å². The highest BCUT2D eigenvalue weighted by molar-refractivity contribution is 6.31. The van der Waals surface area contributed by atoms with Crippen molar-refractivity contribution < 1.29 is 14.3 Å². The molecule has 0 saturated heterocycles. The molecule has 3 aromatic rings. The van der Waals surface area contributed by atoms with Gasteiger partial charge in [0.05, 0.1) is 11.4 Å². The molecule has 46 heavy (non-hydrogen) atoms. The molecule has 10 heteroatoms. The Morgan fingerprint density at radius 2 is 1.39 bits per heavy atom. The fraction of sp³-hybridized carbons (Fsp3) is 0.139. The van der Waals surface area contributed by atoms with Gasteiger partial charge in [0.25, 0.3) is 5.91 Å². The third-order valence-electron chi connectivity index (χ3n) is 6.68. The highest BCUT2D eigenvalue weighted by atomic mass is 35.5. The van der Waals surface area contributed by atoms with E-state index in [0.29, 0.717) is 44.7 Å². The lowest BCUT2D eigenvalue weighted by molar-refractivity contribution is 0.102. The van der Waals surface area contributed by atoms with Gasteiger partial charge >= 0.3 is 6.03 Å². The van der Waals surface area contributed by atoms with Crippen molar-refractivity contribution in [3.63, 3.8) is 0 Å². The Kier molecular flexibility index (Phi) is 13.0. The molecule has 0 aliphatic carbocycles. The number of amides is 3. The van der Waals surface area contributed by atoms with Gasteiger partial charge in [0, 0.05) is 33.6 Å². The quantitative estimate of drug-likeness (QED) is 0.0486. The molecular weight excluding hydrogens is 600 g/mol. The van der Waals surface area contributed by atoms with Crippen LogP contribution in [0.3, 0.4) is 0 Å². The van der Waals surface area contributed by atoms with Gasteiger partial charge in [-0.05, 0) is 106 Å². The number of carbonyl (C=O) groups excluding carboxylic acids is 2. The molecule has 1 unspecified atom stereocenters. The summed E-state index contributed by atoms with van der Waals surface area (Å²) in [7, 11) is 0. The van der Waals surface area contributed by atoms with Crippen LogP contribution in [0.4, 0.5) is 16.2 Å². The standard InChI is InChI=1S/C36H39ClN6O3/c1-6-28(37)16-9-23(4)46-31-21-19-29(20-22-31)41-35(44)27-12-10-25(11-13-27)24(5)40-32(7-2)33(8-3)43-36(45)42-30-17-14-26(15-18-30)34(38)39/h6-22,24,40H,4H2,1-3,5H3,(H3,38,39)(H,41,44)(H2,42,43,45)/b16-9-,28-6+,32-7+,33-8+. The lowest BCUT2D eigenvalue weighted by atomic mass is 10.0. The van der Waals surface area contributed by atoms with E-state index in [0.717, 1.165) is 11.3 Å². The van der Waals surface area contributed by atoms with Gasteiger partial charge in [0.15, 0.2) is 0 Å². The fourth-order valence-electron chi connectivity index (χ4n) is 4.13. The number of hydrogen-bond acceptors (Lipinski definition) is 5. The zero-order chi connectivity index (χ0) is 33.6. The second-order valence-electron chi connectivity index (χ2n) is 10.0. The second kappa shape index (κ2) is 17.1. The second-order valence-corrected chi connectivity index (χ2v) is 10.5. The highest BCUT2D eigenvalue weighted by Gasteiger charge is 2.14. The first-order valence-corrected chi connectivity index (χ1v) is 14.9. The van der Waals surface area contributed by atoms with Crippen molar-refractivity contribution in [2.24, 2.45) is 5.73 Å². The number of hydrogen-bond donors (Lipinski definition) is 6. The van der Waals surface area contributed by atoms with E-state index in [2.05, 4.69) is 27.8 Å². The fourth-order valence-corrected chi connectivity index (χ4v) is 4.20. The molecule has 3 amide bonds. The van der Waals surface area contributed by atoms with E-state index < -0.39 is 6.03 Å². The predicted octanol–water partition coefficient (Wildman–Crippen LogP) is 8.09. The number of benzene rings is 3. The maximum atomic E-state index is 12.9. The summed E-state index contributed by atoms with van der Waals surface area (Å²) >= 11 is 5.95. The molecule has 0 radical (unpaired) electrons. The van der Waals surface area contributed by atoms with Crippen molar-refractivity contribution in [1.29, 1.82) is 5.41 Å². The summed E-state index contributed by atoms with van der Waals surface area (Å²) in [5.74, 6) is 0.720. The summed E-state index contributed by atoms with van der Waals surface area (Å²) in [5.41, 5.74) is 10.0. The van der Waals surface area contributed by atoms with Crippen LogP contribution in [0, 0.1) is 5.41 Å². The number of allylic oxidation sites excluding steroid dienone is 6. The van der Waals surface area contributed by atoms with Crippen LogP contribution in [0.15, 0.2) is 132 Å². The molecule has 0 aliphatic rings. The van der Waals surface area contributed by atoms with Gasteiger partial charge < -0.3 is 31.7 Å². The number of anilines is 2. The van der Waals surface area contributed by atoms with Crippen molar-refractivity contribution in [1.82, 2.24) is 10.6 Å². The van der Waals surface area contributed by atoms with Gasteiger partial charge in [0.1, 0.15) is 17.3 Å². The molecule has 0 fully saturated rings. The maximum Gasteiger partial charge on any atom is 0.323 e. The molecule has 1 atom stereocenters. The SMILES string of the molecule is C=C(/C=C\C(Cl)=C/C)Oc1ccc(NC(=O)c2ccc(C(C)NC(=C/C)/C(=C\C)NC(=O)Nc3ccc(C(=N)N)cc3)cc2)cc1. The Morgan fingerprint density at radius 3 is 1.96 bits per heavy atom. The molecule has 0 spiro atoms. The summed E-state index contributed by atoms with van der Waals surface area (Å²) < 4.78 is 5.67. The van der Waals surface area contributed by atoms with Crippen LogP contribution in [0.25, 0.3) is 0 Å². The van der Waals surface area contributed by atoms with E-state index >= 15 is 0 Å². The van der Waals surface area contributed by atoms with Crippen LogP contribution < -0.4 is 31.7 Å². The molecule has 9 nitrogen and oxygen atoms in total. The highest BCUT2D eigenvalue weighted by Crippen LogP contribution is 2.21. The van der Waals surface area contributed by atoms with Gasteiger partial charge in [-0.2, -0.15) is 0 Å². The van der Waals surface area contributed by atoms with Gasteiger partial charge in [0.2, 0.25) is 0 Å². The largest absolute Gasteiger partial charge is 0.458 e. The number of nitrogens with two attached hydrogens (primary N) is 1. The Balaban J connectivity index is 1.55. The van der Waals surface area contributed by atoms with E-state index in [-0.39, 0.29) is 17.8 Å². The molecule has 3 aromatic carbocycles. The molecule has 0 heterocycles. The van der Waals surface area contributed by atoms with Crippen LogP contribution in [-0.2, 0) is 0 Å². The van der Waals surface area contributed by atoms with Gasteiger partial charge in [-0.25, -0.2) is 4.79 Å². The van der Waals surface area contributed by atoms with E-state index in [4.69, 9.17) is 27.5 Å². The van der Waals surface area contributed by atoms with Gasteiger partial charge in [-0.1, -0.05) is 48.5 Å². The topological polar surface area (TPSA) is 141 Å². The summed E-state index contributed by atoms with van der Waals surface area (Å²) in [6, 6.07) is 20.4. The average Bonchev–Trinajstić information content (AvgIpc) is 3.06. The smallest absolute Gasteiger partial charge is 0.323 e. The van der Waals surface area contributed by atoms with Crippen LogP contribution in [0.2, 0.25) is 0 Å². The van der Waals surface area contributed by atoms with Crippen LogP contribution >= 0.6 is 11.6 Å². The van der Waals surface area contributed by atoms with E-state index in [1.165, 1.54) is 0 Å². The number of rotatable bonds is 13. The zero-order valence-electron chi connectivity index (χ0n) is 26.3. The van der Waals surface area contributed by atoms with Gasteiger partial charge in [-0.15, -0.1) is 0 Å². The third kappa shape index (κ3) is 10.6. The number of amidine groups is 1. The van der Waals surface area contributed by atoms with E-state index in [9.17, 15) is 9.59 Å². The molecular formula is C36H39ClN6O3. The first kappa shape index (κ1) is 34.9. The lowest BCUT2D eigenvalue weighted by Gasteiger charge is -2.21. The van der Waals surface area contributed by atoms with Crippen molar-refractivity contribution in [2.45, 2.75) is 33.7 Å². The number of halogens is 1. The average molecular weight is 639 g/mol. The Labute approximate surface area is 275 Å². The normalized spacial score (nSPS) is 12.7. The minimum atomic E-state index is -0.414. The number of nitrogens with one attached hydrogen (secondary N) is 5. The summed E-state index contributed by atoms with van der Waals surface area (Å²) in [6.07, 6.45) is 8.80. The molecule has 0 aliphatic heterocycles. The molecule has 0 aromatic heterocycles. The number of nitrogen functional groups attached to an aromatic ring is 1. The minimum absolute atomic E-state index is 0.0421. The molecule has 0 bridgehead atoms. The van der Waals surface area contributed by atoms with Crippen LogP contribution in [-0.4, -0.2) is 17.8 Å². The summed E-state index contributed by atoms with van der Waals surface area (Å²) in [4.78, 5) is 25.6. The predicted molar refractivity (Wildman–Crippen MR) is 188 cm³/mol. The first-order valence-electron chi connectivity index (χ1n) is 14.5. The van der Waals surface area contributed by atoms with Crippen molar-refractivity contribution >= 4 is 40.7 Å². The third-order valence-corrected chi connectivity index (χ3v) is 7.02. The summed E-state index contributed by atoms with van der Waals surface area (Å²) in [5, 5.41) is 20.0. The van der Waals surface area contributed by atoms with Crippen molar-refractivity contribution in [3.05, 3.63) is 149 Å². The first-order chi connectivity index (χ1) is 22.0.